The van der Waals surface area contributed by atoms with Crippen molar-refractivity contribution < 1.29 is 9.84 Å². The zero-order valence-corrected chi connectivity index (χ0v) is 20.9. The fourth-order valence-electron chi connectivity index (χ4n) is 8.44. The monoisotopic (exact) mass is 470 g/mol. The second kappa shape index (κ2) is 7.39. The number of nitrogens with zero attached hydrogens (tertiary/aromatic N) is 4. The zero-order chi connectivity index (χ0) is 23.9. The molecule has 2 aromatic heterocycles. The molecule has 0 aliphatic heterocycles. The van der Waals surface area contributed by atoms with Gasteiger partial charge in [-0.25, -0.2) is 4.98 Å². The van der Waals surface area contributed by atoms with Gasteiger partial charge < -0.3 is 9.84 Å². The van der Waals surface area contributed by atoms with Crippen LogP contribution in [0.4, 0.5) is 0 Å². The van der Waals surface area contributed by atoms with Gasteiger partial charge in [-0.1, -0.05) is 25.5 Å². The fraction of sp³-hybridized carbons (Fsp3) is 0.552. The lowest BCUT2D eigenvalue weighted by Crippen LogP contribution is -2.51. The minimum atomic E-state index is -0.157. The van der Waals surface area contributed by atoms with Crippen LogP contribution in [0.5, 0.6) is 5.75 Å². The summed E-state index contributed by atoms with van der Waals surface area (Å²) in [5.41, 5.74) is 6.68. The Hall–Kier alpha value is -2.73. The summed E-state index contributed by atoms with van der Waals surface area (Å²) in [6.07, 6.45) is 11.5. The average Bonchev–Trinajstić information content (AvgIpc) is 3.45. The molecule has 2 heterocycles. The van der Waals surface area contributed by atoms with E-state index in [9.17, 15) is 5.11 Å². The van der Waals surface area contributed by atoms with Crippen LogP contribution < -0.4 is 4.74 Å². The Labute approximate surface area is 206 Å². The third-order valence-corrected chi connectivity index (χ3v) is 10.3. The highest BCUT2D eigenvalue weighted by Gasteiger charge is 2.58. The Morgan fingerprint density at radius 2 is 1.83 bits per heavy atom. The number of benzene rings is 1. The normalized spacial score (nSPS) is 35.6. The maximum atomic E-state index is 10.3. The highest BCUT2D eigenvalue weighted by Crippen LogP contribution is 2.64. The quantitative estimate of drug-likeness (QED) is 0.525. The van der Waals surface area contributed by atoms with Gasteiger partial charge in [-0.05, 0) is 92.4 Å². The molecule has 0 amide bonds. The Morgan fingerprint density at radius 3 is 2.63 bits per heavy atom. The number of rotatable bonds is 2. The lowest BCUT2D eigenvalue weighted by Gasteiger charge is -2.57. The molecule has 0 bridgehead atoms. The number of aliphatic hydroxyl groups excluding tert-OH is 1. The molecule has 1 N–H and O–H groups in total. The third kappa shape index (κ3) is 2.89. The van der Waals surface area contributed by atoms with Crippen molar-refractivity contribution in [3.8, 4) is 17.0 Å². The van der Waals surface area contributed by atoms with Crippen molar-refractivity contribution in [1.82, 2.24) is 19.6 Å². The van der Waals surface area contributed by atoms with Crippen molar-refractivity contribution in [3.05, 3.63) is 53.5 Å². The number of fused-ring (bicyclic) bond motifs is 8. The number of ether oxygens (including phenoxy) is 1. The van der Waals surface area contributed by atoms with Crippen molar-refractivity contribution in [1.29, 1.82) is 0 Å². The molecule has 0 spiro atoms. The van der Waals surface area contributed by atoms with Gasteiger partial charge >= 0.3 is 0 Å². The highest BCUT2D eigenvalue weighted by molar-refractivity contribution is 5.69. The van der Waals surface area contributed by atoms with Gasteiger partial charge in [-0.2, -0.15) is 14.6 Å². The first-order valence-corrected chi connectivity index (χ1v) is 13.2. The van der Waals surface area contributed by atoms with Crippen molar-refractivity contribution in [3.63, 3.8) is 0 Å². The Bertz CT molecular complexity index is 1340. The second-order valence-electron chi connectivity index (χ2n) is 11.8. The maximum Gasteiger partial charge on any atom is 0.252 e. The molecule has 0 radical (unpaired) electrons. The second-order valence-corrected chi connectivity index (χ2v) is 11.8. The molecule has 4 aliphatic carbocycles. The first-order valence-electron chi connectivity index (χ1n) is 13.2. The Morgan fingerprint density at radius 1 is 1.03 bits per heavy atom. The van der Waals surface area contributed by atoms with Crippen molar-refractivity contribution >= 4 is 5.78 Å². The summed E-state index contributed by atoms with van der Waals surface area (Å²) >= 11 is 0. The molecule has 0 saturated heterocycles. The minimum absolute atomic E-state index is 0.0568. The highest BCUT2D eigenvalue weighted by atomic mass is 16.5. The molecule has 182 valence electrons. The molecular formula is C29H34N4O2. The van der Waals surface area contributed by atoms with Crippen molar-refractivity contribution in [2.45, 2.75) is 70.3 Å². The van der Waals surface area contributed by atoms with Gasteiger partial charge in [0, 0.05) is 16.5 Å². The van der Waals surface area contributed by atoms with Crippen LogP contribution >= 0.6 is 0 Å². The minimum Gasteiger partial charge on any atom is -0.497 e. The number of methoxy groups -OCH3 is 1. The Balaban J connectivity index is 1.35. The van der Waals surface area contributed by atoms with E-state index in [1.54, 1.807) is 13.4 Å². The van der Waals surface area contributed by atoms with Gasteiger partial charge in [-0.3, -0.25) is 0 Å². The Kier molecular flexibility index (Phi) is 4.55. The zero-order valence-electron chi connectivity index (χ0n) is 20.9. The molecule has 2 fully saturated rings. The molecule has 2 saturated carbocycles. The topological polar surface area (TPSA) is 72.5 Å². The summed E-state index contributed by atoms with van der Waals surface area (Å²) < 4.78 is 7.35. The van der Waals surface area contributed by atoms with E-state index in [1.165, 1.54) is 23.3 Å². The van der Waals surface area contributed by atoms with Crippen LogP contribution in [0.15, 0.2) is 42.2 Å². The first kappa shape index (κ1) is 21.5. The standard InChI is InChI=1S/C29H34N4O2/c1-28-12-10-19(34)14-18(28)6-9-21-23(28)11-13-29(2)24(21)15-22-25(17-4-7-20(35-3)8-5-17)33-27(30-16-31-33)32-26(22)29/h4-8,16,19,21,23-24,34H,9-15H2,1-3H3/t19-,21+,23-,24-,28-,29-/m0/s1. The SMILES string of the molecule is COc1ccc(-c2c3c(nc4ncnn24)[C@@]2(C)CC[C@H]4[C@@H](CC=C5C[C@@H](O)CC[C@@]54C)[C@@H]2C3)cc1. The number of allylic oxidation sites excluding steroid dienone is 1. The van der Waals surface area contributed by atoms with Gasteiger partial charge in [0.25, 0.3) is 5.78 Å². The summed E-state index contributed by atoms with van der Waals surface area (Å²) in [4.78, 5) is 9.68. The molecule has 6 heteroatoms. The molecule has 35 heavy (non-hydrogen) atoms. The molecule has 6 atom stereocenters. The summed E-state index contributed by atoms with van der Waals surface area (Å²) in [6, 6.07) is 8.31. The maximum absolute atomic E-state index is 10.3. The molecular weight excluding hydrogens is 436 g/mol. The molecule has 0 unspecified atom stereocenters. The van der Waals surface area contributed by atoms with E-state index in [2.05, 4.69) is 42.1 Å². The van der Waals surface area contributed by atoms with Gasteiger partial charge in [-0.15, -0.1) is 0 Å². The van der Waals surface area contributed by atoms with Crippen LogP contribution in [0.25, 0.3) is 17.0 Å². The smallest absolute Gasteiger partial charge is 0.252 e. The van der Waals surface area contributed by atoms with Gasteiger partial charge in [0.2, 0.25) is 0 Å². The number of hydrogen-bond acceptors (Lipinski definition) is 5. The van der Waals surface area contributed by atoms with E-state index in [4.69, 9.17) is 9.72 Å². The van der Waals surface area contributed by atoms with E-state index < -0.39 is 0 Å². The molecule has 1 aromatic carbocycles. The van der Waals surface area contributed by atoms with Crippen LogP contribution in [0.2, 0.25) is 0 Å². The molecule has 7 rings (SSSR count). The van der Waals surface area contributed by atoms with E-state index in [0.717, 1.165) is 55.5 Å². The van der Waals surface area contributed by atoms with Crippen LogP contribution in [-0.4, -0.2) is 37.9 Å². The predicted molar refractivity (Wildman–Crippen MR) is 134 cm³/mol. The van der Waals surface area contributed by atoms with E-state index >= 15 is 0 Å². The van der Waals surface area contributed by atoms with Crippen LogP contribution in [-0.2, 0) is 11.8 Å². The number of aliphatic hydroxyl groups is 1. The van der Waals surface area contributed by atoms with Crippen molar-refractivity contribution in [2.75, 3.05) is 7.11 Å². The molecule has 4 aliphatic rings. The lowest BCUT2D eigenvalue weighted by molar-refractivity contribution is -0.0169. The lowest BCUT2D eigenvalue weighted by atomic mass is 9.48. The van der Waals surface area contributed by atoms with Gasteiger partial charge in [0.1, 0.15) is 12.1 Å². The number of aromatic nitrogens is 4. The summed E-state index contributed by atoms with van der Waals surface area (Å²) in [5.74, 6) is 3.45. The predicted octanol–water partition coefficient (Wildman–Crippen LogP) is 5.14. The van der Waals surface area contributed by atoms with Gasteiger partial charge in [0.05, 0.1) is 24.6 Å². The van der Waals surface area contributed by atoms with Crippen LogP contribution in [0, 0.1) is 23.2 Å². The summed E-state index contributed by atoms with van der Waals surface area (Å²) in [7, 11) is 1.70. The van der Waals surface area contributed by atoms with E-state index in [-0.39, 0.29) is 16.9 Å². The van der Waals surface area contributed by atoms with Crippen LogP contribution in [0.1, 0.15) is 63.6 Å². The summed E-state index contributed by atoms with van der Waals surface area (Å²) in [5, 5.41) is 14.9. The largest absolute Gasteiger partial charge is 0.497 e. The molecule has 6 nitrogen and oxygen atoms in total. The summed E-state index contributed by atoms with van der Waals surface area (Å²) in [6.45, 7) is 4.95. The van der Waals surface area contributed by atoms with Crippen LogP contribution in [0.3, 0.4) is 0 Å². The first-order chi connectivity index (χ1) is 16.9. The molecule has 3 aromatic rings. The number of hydrogen-bond donors (Lipinski definition) is 1. The third-order valence-electron chi connectivity index (χ3n) is 10.3. The van der Waals surface area contributed by atoms with Crippen molar-refractivity contribution in [2.24, 2.45) is 23.2 Å². The van der Waals surface area contributed by atoms with Gasteiger partial charge in [0.15, 0.2) is 0 Å². The average molecular weight is 471 g/mol. The van der Waals surface area contributed by atoms with E-state index in [0.29, 0.717) is 23.5 Å². The van der Waals surface area contributed by atoms with E-state index in [1.807, 2.05) is 16.6 Å². The fourth-order valence-corrected chi connectivity index (χ4v) is 8.44.